The highest BCUT2D eigenvalue weighted by Crippen LogP contribution is 2.29. The van der Waals surface area contributed by atoms with Crippen LogP contribution in [-0.4, -0.2) is 18.8 Å². The van der Waals surface area contributed by atoms with Crippen LogP contribution in [0.4, 0.5) is 4.39 Å². The number of methoxy groups -OCH3 is 1. The minimum atomic E-state index is -0.839. The van der Waals surface area contributed by atoms with Crippen molar-refractivity contribution in [2.24, 2.45) is 0 Å². The van der Waals surface area contributed by atoms with Crippen LogP contribution in [0.3, 0.4) is 0 Å². The van der Waals surface area contributed by atoms with Gasteiger partial charge in [-0.3, -0.25) is 0 Å². The smallest absolute Gasteiger partial charge is 0.168 e. The molecule has 21 heavy (non-hydrogen) atoms. The highest BCUT2D eigenvalue weighted by atomic mass is 19.1. The Bertz CT molecular complexity index is 598. The number of aliphatic hydroxyl groups is 1. The summed E-state index contributed by atoms with van der Waals surface area (Å²) in [4.78, 5) is 0. The number of aliphatic hydroxyl groups excluding tert-OH is 1. The van der Waals surface area contributed by atoms with Crippen LogP contribution in [0.1, 0.15) is 24.2 Å². The van der Waals surface area contributed by atoms with Gasteiger partial charge in [-0.25, -0.2) is 4.39 Å². The molecule has 1 unspecified atom stereocenters. The van der Waals surface area contributed by atoms with Crippen molar-refractivity contribution in [2.45, 2.75) is 19.4 Å². The molecule has 2 rings (SSSR count). The van der Waals surface area contributed by atoms with Gasteiger partial charge in [0.2, 0.25) is 0 Å². The number of hydrogen-bond donors (Lipinski definition) is 1. The van der Waals surface area contributed by atoms with Gasteiger partial charge >= 0.3 is 0 Å². The van der Waals surface area contributed by atoms with E-state index in [0.29, 0.717) is 23.5 Å². The highest BCUT2D eigenvalue weighted by molar-refractivity contribution is 5.37. The third-order valence-corrected chi connectivity index (χ3v) is 3.25. The van der Waals surface area contributed by atoms with Crippen LogP contribution in [0, 0.1) is 5.82 Å². The van der Waals surface area contributed by atoms with E-state index in [2.05, 4.69) is 0 Å². The molecule has 0 aromatic heterocycles. The van der Waals surface area contributed by atoms with Crippen molar-refractivity contribution >= 4 is 0 Å². The topological polar surface area (TPSA) is 38.7 Å². The predicted molar refractivity (Wildman–Crippen MR) is 79.2 cm³/mol. The summed E-state index contributed by atoms with van der Waals surface area (Å²) in [5.74, 6) is 0.363. The molecule has 0 heterocycles. The molecule has 0 aliphatic rings. The van der Waals surface area contributed by atoms with E-state index in [1.165, 1.54) is 7.11 Å². The van der Waals surface area contributed by atoms with E-state index in [-0.39, 0.29) is 12.2 Å². The molecule has 2 aromatic carbocycles. The van der Waals surface area contributed by atoms with E-state index in [1.54, 1.807) is 30.3 Å². The molecular weight excluding hydrogens is 271 g/mol. The van der Waals surface area contributed by atoms with Gasteiger partial charge in [0.05, 0.1) is 19.8 Å². The van der Waals surface area contributed by atoms with Crippen molar-refractivity contribution in [3.8, 4) is 11.5 Å². The number of benzene rings is 2. The minimum absolute atomic E-state index is 0.160. The standard InChI is InChI=1S/C17H19FO3/c1-3-21-15-9-5-4-8-13(15)14(19)11-12-7-6-10-16(20-2)17(12)18/h4-10,14,19H,3,11H2,1-2H3. The first-order chi connectivity index (χ1) is 10.2. The van der Waals surface area contributed by atoms with Crippen LogP contribution in [0.2, 0.25) is 0 Å². The summed E-state index contributed by atoms with van der Waals surface area (Å²) in [5.41, 5.74) is 1.06. The molecule has 0 saturated heterocycles. The fourth-order valence-corrected chi connectivity index (χ4v) is 2.23. The van der Waals surface area contributed by atoms with Gasteiger partial charge in [-0.15, -0.1) is 0 Å². The van der Waals surface area contributed by atoms with Crippen LogP contribution in [0.25, 0.3) is 0 Å². The number of halogens is 1. The van der Waals surface area contributed by atoms with E-state index in [0.717, 1.165) is 0 Å². The third kappa shape index (κ3) is 3.52. The molecule has 0 bridgehead atoms. The van der Waals surface area contributed by atoms with Crippen LogP contribution in [0.15, 0.2) is 42.5 Å². The van der Waals surface area contributed by atoms with Crippen molar-refractivity contribution in [2.75, 3.05) is 13.7 Å². The zero-order chi connectivity index (χ0) is 15.2. The van der Waals surface area contributed by atoms with Crippen LogP contribution < -0.4 is 9.47 Å². The van der Waals surface area contributed by atoms with E-state index >= 15 is 0 Å². The lowest BCUT2D eigenvalue weighted by Crippen LogP contribution is -2.07. The predicted octanol–water partition coefficient (Wildman–Crippen LogP) is 3.51. The Kier molecular flexibility index (Phi) is 5.17. The van der Waals surface area contributed by atoms with E-state index in [1.807, 2.05) is 19.1 Å². The van der Waals surface area contributed by atoms with E-state index in [9.17, 15) is 9.50 Å². The SMILES string of the molecule is CCOc1ccccc1C(O)Cc1cccc(OC)c1F. The fraction of sp³-hybridized carbons (Fsp3) is 0.294. The third-order valence-electron chi connectivity index (χ3n) is 3.25. The van der Waals surface area contributed by atoms with E-state index < -0.39 is 11.9 Å². The fourth-order valence-electron chi connectivity index (χ4n) is 2.23. The first kappa shape index (κ1) is 15.3. The Balaban J connectivity index is 2.24. The average molecular weight is 290 g/mol. The van der Waals surface area contributed by atoms with Gasteiger partial charge in [0, 0.05) is 12.0 Å². The van der Waals surface area contributed by atoms with Crippen molar-refractivity contribution in [1.29, 1.82) is 0 Å². The zero-order valence-electron chi connectivity index (χ0n) is 12.2. The maximum atomic E-state index is 14.1. The average Bonchev–Trinajstić information content (AvgIpc) is 2.50. The molecule has 1 atom stereocenters. The lowest BCUT2D eigenvalue weighted by Gasteiger charge is -2.16. The Morgan fingerprint density at radius 3 is 2.52 bits per heavy atom. The lowest BCUT2D eigenvalue weighted by atomic mass is 10.00. The Hall–Kier alpha value is -2.07. The quantitative estimate of drug-likeness (QED) is 0.885. The van der Waals surface area contributed by atoms with Crippen molar-refractivity contribution < 1.29 is 19.0 Å². The Morgan fingerprint density at radius 1 is 1.10 bits per heavy atom. The first-order valence-electron chi connectivity index (χ1n) is 6.88. The molecular formula is C17H19FO3. The molecule has 1 N–H and O–H groups in total. The molecule has 0 aliphatic carbocycles. The Labute approximate surface area is 124 Å². The molecule has 3 nitrogen and oxygen atoms in total. The summed E-state index contributed by atoms with van der Waals surface area (Å²) in [7, 11) is 1.42. The van der Waals surface area contributed by atoms with Crippen LogP contribution in [-0.2, 0) is 6.42 Å². The number of hydrogen-bond acceptors (Lipinski definition) is 3. The molecule has 112 valence electrons. The van der Waals surface area contributed by atoms with Crippen molar-refractivity contribution in [3.05, 3.63) is 59.4 Å². The largest absolute Gasteiger partial charge is 0.494 e. The molecule has 0 fully saturated rings. The van der Waals surface area contributed by atoms with Gasteiger partial charge in [0.15, 0.2) is 11.6 Å². The number of ether oxygens (including phenoxy) is 2. The number of para-hydroxylation sites is 1. The molecule has 2 aromatic rings. The molecule has 0 amide bonds. The van der Waals surface area contributed by atoms with Crippen LogP contribution in [0.5, 0.6) is 11.5 Å². The van der Waals surface area contributed by atoms with E-state index in [4.69, 9.17) is 9.47 Å². The normalized spacial score (nSPS) is 12.0. The van der Waals surface area contributed by atoms with Gasteiger partial charge in [0.1, 0.15) is 5.75 Å². The van der Waals surface area contributed by atoms with Crippen molar-refractivity contribution in [1.82, 2.24) is 0 Å². The monoisotopic (exact) mass is 290 g/mol. The second-order valence-electron chi connectivity index (χ2n) is 4.62. The highest BCUT2D eigenvalue weighted by Gasteiger charge is 2.17. The zero-order valence-corrected chi connectivity index (χ0v) is 12.2. The van der Waals surface area contributed by atoms with Crippen LogP contribution >= 0.6 is 0 Å². The molecule has 0 saturated carbocycles. The maximum Gasteiger partial charge on any atom is 0.168 e. The van der Waals surface area contributed by atoms with Crippen molar-refractivity contribution in [3.63, 3.8) is 0 Å². The summed E-state index contributed by atoms with van der Waals surface area (Å²) in [6.45, 7) is 2.39. The summed E-state index contributed by atoms with van der Waals surface area (Å²) < 4.78 is 24.6. The molecule has 0 radical (unpaired) electrons. The second-order valence-corrected chi connectivity index (χ2v) is 4.62. The summed E-state index contributed by atoms with van der Waals surface area (Å²) >= 11 is 0. The summed E-state index contributed by atoms with van der Waals surface area (Å²) in [6, 6.07) is 12.1. The van der Waals surface area contributed by atoms with Gasteiger partial charge in [-0.1, -0.05) is 30.3 Å². The molecule has 0 spiro atoms. The maximum absolute atomic E-state index is 14.1. The van der Waals surface area contributed by atoms with Gasteiger partial charge < -0.3 is 14.6 Å². The molecule has 0 aliphatic heterocycles. The first-order valence-corrected chi connectivity index (χ1v) is 6.88. The van der Waals surface area contributed by atoms with Gasteiger partial charge in [-0.2, -0.15) is 0 Å². The summed E-state index contributed by atoms with van der Waals surface area (Å²) in [5, 5.41) is 10.4. The number of rotatable bonds is 6. The Morgan fingerprint density at radius 2 is 1.81 bits per heavy atom. The molecule has 4 heteroatoms. The lowest BCUT2D eigenvalue weighted by molar-refractivity contribution is 0.171. The second kappa shape index (κ2) is 7.09. The summed E-state index contributed by atoms with van der Waals surface area (Å²) in [6.07, 6.45) is -0.679. The van der Waals surface area contributed by atoms with Gasteiger partial charge in [0.25, 0.3) is 0 Å². The van der Waals surface area contributed by atoms with Gasteiger partial charge in [-0.05, 0) is 24.6 Å². The minimum Gasteiger partial charge on any atom is -0.494 e.